The minimum Gasteiger partial charge on any atom is -0.299 e. The fourth-order valence-corrected chi connectivity index (χ4v) is 2.44. The molecule has 0 bridgehead atoms. The molecule has 16 heavy (non-hydrogen) atoms. The lowest BCUT2D eigenvalue weighted by Crippen LogP contribution is -2.32. The summed E-state index contributed by atoms with van der Waals surface area (Å²) in [6.07, 6.45) is 7.51. The van der Waals surface area contributed by atoms with Crippen LogP contribution in [0.1, 0.15) is 12.5 Å². The van der Waals surface area contributed by atoms with Gasteiger partial charge in [-0.05, 0) is 12.5 Å². The molecule has 0 aliphatic heterocycles. The topological polar surface area (TPSA) is 17.1 Å². The average molecular weight is 233 g/mol. The van der Waals surface area contributed by atoms with Crippen LogP contribution in [0.3, 0.4) is 0 Å². The molecule has 0 saturated heterocycles. The third kappa shape index (κ3) is 1.83. The Kier molecular flexibility index (Phi) is 2.97. The predicted octanol–water partition coefficient (Wildman–Crippen LogP) is 3.45. The van der Waals surface area contributed by atoms with Crippen LogP contribution in [0, 0.1) is 5.92 Å². The molecule has 2 rings (SSSR count). The van der Waals surface area contributed by atoms with Crippen LogP contribution in [-0.2, 0) is 9.67 Å². The lowest BCUT2D eigenvalue weighted by atomic mass is 9.80. The number of rotatable bonds is 2. The first kappa shape index (κ1) is 11.2. The maximum atomic E-state index is 11.6. The minimum atomic E-state index is -0.734. The lowest BCUT2D eigenvalue weighted by Gasteiger charge is -2.31. The molecule has 0 N–H and O–H groups in total. The van der Waals surface area contributed by atoms with Gasteiger partial charge < -0.3 is 0 Å². The second kappa shape index (κ2) is 4.26. The molecule has 1 aliphatic rings. The molecule has 0 fully saturated rings. The second-order valence-electron chi connectivity index (χ2n) is 3.97. The molecule has 1 aromatic rings. The summed E-state index contributed by atoms with van der Waals surface area (Å²) in [6, 6.07) is 9.71. The summed E-state index contributed by atoms with van der Waals surface area (Å²) in [6.45, 7) is 1.58. The molecule has 2 heteroatoms. The molecule has 0 radical (unpaired) electrons. The van der Waals surface area contributed by atoms with E-state index in [0.717, 1.165) is 5.56 Å². The molecule has 0 heterocycles. The van der Waals surface area contributed by atoms with Crippen LogP contribution in [0.4, 0.5) is 0 Å². The molecular formula is C14H13ClO. The van der Waals surface area contributed by atoms with Gasteiger partial charge in [0, 0.05) is 0 Å². The summed E-state index contributed by atoms with van der Waals surface area (Å²) < 4.78 is 0. The molecule has 0 saturated carbocycles. The molecule has 0 spiro atoms. The maximum Gasteiger partial charge on any atom is 0.139 e. The molecule has 1 aromatic carbocycles. The predicted molar refractivity (Wildman–Crippen MR) is 66.4 cm³/mol. The van der Waals surface area contributed by atoms with Crippen molar-refractivity contribution in [2.75, 3.05) is 0 Å². The summed E-state index contributed by atoms with van der Waals surface area (Å²) in [5, 5.41) is 0. The average Bonchev–Trinajstić information content (AvgIpc) is 2.30. The first-order chi connectivity index (χ1) is 7.64. The van der Waals surface area contributed by atoms with Gasteiger partial charge in [0.05, 0.1) is 5.92 Å². The van der Waals surface area contributed by atoms with Crippen LogP contribution in [0.5, 0.6) is 0 Å². The van der Waals surface area contributed by atoms with E-state index in [9.17, 15) is 4.79 Å². The quantitative estimate of drug-likeness (QED) is 0.714. The van der Waals surface area contributed by atoms with Crippen molar-refractivity contribution in [3.8, 4) is 0 Å². The number of carbonyl (C=O) groups is 1. The van der Waals surface area contributed by atoms with Crippen LogP contribution in [0.25, 0.3) is 0 Å². The normalized spacial score (nSPS) is 28.0. The highest BCUT2D eigenvalue weighted by atomic mass is 35.5. The zero-order valence-corrected chi connectivity index (χ0v) is 9.82. The van der Waals surface area contributed by atoms with Crippen molar-refractivity contribution < 1.29 is 4.79 Å². The van der Waals surface area contributed by atoms with Crippen LogP contribution >= 0.6 is 11.6 Å². The summed E-state index contributed by atoms with van der Waals surface area (Å²) in [4.78, 5) is 10.9. The number of alkyl halides is 1. The van der Waals surface area contributed by atoms with E-state index < -0.39 is 4.87 Å². The van der Waals surface area contributed by atoms with E-state index in [4.69, 9.17) is 11.6 Å². The van der Waals surface area contributed by atoms with Gasteiger partial charge in [0.25, 0.3) is 0 Å². The van der Waals surface area contributed by atoms with Gasteiger partial charge in [0.15, 0.2) is 0 Å². The summed E-state index contributed by atoms with van der Waals surface area (Å²) >= 11 is 6.60. The highest BCUT2D eigenvalue weighted by Gasteiger charge is 2.38. The fraction of sp³-hybridized carbons (Fsp3) is 0.214. The number of ketones is 1. The zero-order valence-electron chi connectivity index (χ0n) is 9.06. The number of carbonyl (C=O) groups excluding carboxylic acids is 1. The monoisotopic (exact) mass is 232 g/mol. The standard InChI is InChI=1S/C14H13ClO/c1-11(16)13-9-5-6-10-14(13,15)12-7-3-2-4-8-12/h2-10,13H,1H3. The Labute approximate surface area is 100 Å². The first-order valence-electron chi connectivity index (χ1n) is 5.25. The van der Waals surface area contributed by atoms with Crippen LogP contribution < -0.4 is 0 Å². The van der Waals surface area contributed by atoms with Gasteiger partial charge in [-0.15, -0.1) is 11.6 Å². The molecule has 82 valence electrons. The first-order valence-corrected chi connectivity index (χ1v) is 5.63. The molecule has 2 atom stereocenters. The van der Waals surface area contributed by atoms with Crippen LogP contribution in [0.15, 0.2) is 54.6 Å². The Morgan fingerprint density at radius 2 is 1.94 bits per heavy atom. The lowest BCUT2D eigenvalue weighted by molar-refractivity contribution is -0.120. The van der Waals surface area contributed by atoms with Crippen molar-refractivity contribution >= 4 is 17.4 Å². The summed E-state index contributed by atoms with van der Waals surface area (Å²) in [7, 11) is 0. The largest absolute Gasteiger partial charge is 0.299 e. The Balaban J connectivity index is 2.47. The van der Waals surface area contributed by atoms with E-state index in [1.54, 1.807) is 6.92 Å². The minimum absolute atomic E-state index is 0.0828. The Bertz CT molecular complexity index is 447. The second-order valence-corrected chi connectivity index (χ2v) is 4.59. The van der Waals surface area contributed by atoms with Gasteiger partial charge >= 0.3 is 0 Å². The summed E-state index contributed by atoms with van der Waals surface area (Å²) in [5.74, 6) is -0.207. The van der Waals surface area contributed by atoms with Crippen molar-refractivity contribution in [2.24, 2.45) is 5.92 Å². The zero-order chi connectivity index (χ0) is 11.6. The van der Waals surface area contributed by atoms with Gasteiger partial charge in [0.1, 0.15) is 10.7 Å². The third-order valence-corrected chi connectivity index (χ3v) is 3.44. The molecule has 0 aromatic heterocycles. The maximum absolute atomic E-state index is 11.6. The number of hydrogen-bond donors (Lipinski definition) is 0. The molecular weight excluding hydrogens is 220 g/mol. The van der Waals surface area contributed by atoms with Gasteiger partial charge in [-0.1, -0.05) is 54.6 Å². The smallest absolute Gasteiger partial charge is 0.139 e. The van der Waals surface area contributed by atoms with Gasteiger partial charge in [-0.2, -0.15) is 0 Å². The summed E-state index contributed by atoms with van der Waals surface area (Å²) in [5.41, 5.74) is 0.956. The number of halogens is 1. The molecule has 0 amide bonds. The highest BCUT2D eigenvalue weighted by molar-refractivity contribution is 6.27. The molecule has 2 unspecified atom stereocenters. The third-order valence-electron chi connectivity index (χ3n) is 2.86. The molecule has 1 nitrogen and oxygen atoms in total. The van der Waals surface area contributed by atoms with E-state index >= 15 is 0 Å². The number of hydrogen-bond acceptors (Lipinski definition) is 1. The van der Waals surface area contributed by atoms with E-state index in [2.05, 4.69) is 0 Å². The van der Waals surface area contributed by atoms with E-state index in [1.165, 1.54) is 0 Å². The van der Waals surface area contributed by atoms with Gasteiger partial charge in [-0.3, -0.25) is 4.79 Å². The Morgan fingerprint density at radius 1 is 1.25 bits per heavy atom. The van der Waals surface area contributed by atoms with Crippen molar-refractivity contribution in [1.29, 1.82) is 0 Å². The Morgan fingerprint density at radius 3 is 2.56 bits per heavy atom. The van der Waals surface area contributed by atoms with Crippen molar-refractivity contribution in [1.82, 2.24) is 0 Å². The van der Waals surface area contributed by atoms with Gasteiger partial charge in [0.2, 0.25) is 0 Å². The van der Waals surface area contributed by atoms with Gasteiger partial charge in [-0.25, -0.2) is 0 Å². The van der Waals surface area contributed by atoms with E-state index in [1.807, 2.05) is 54.6 Å². The van der Waals surface area contributed by atoms with Crippen molar-refractivity contribution in [2.45, 2.75) is 11.8 Å². The van der Waals surface area contributed by atoms with Crippen LogP contribution in [-0.4, -0.2) is 5.78 Å². The van der Waals surface area contributed by atoms with Crippen molar-refractivity contribution in [3.05, 3.63) is 60.2 Å². The molecule has 1 aliphatic carbocycles. The number of allylic oxidation sites excluding steroid dienone is 4. The fourth-order valence-electron chi connectivity index (χ4n) is 2.02. The van der Waals surface area contributed by atoms with E-state index in [-0.39, 0.29) is 11.7 Å². The number of benzene rings is 1. The van der Waals surface area contributed by atoms with E-state index in [0.29, 0.717) is 0 Å². The highest BCUT2D eigenvalue weighted by Crippen LogP contribution is 2.41. The van der Waals surface area contributed by atoms with Crippen molar-refractivity contribution in [3.63, 3.8) is 0 Å². The SMILES string of the molecule is CC(=O)C1C=CC=CC1(Cl)c1ccccc1. The Hall–Kier alpha value is -1.34. The van der Waals surface area contributed by atoms with Crippen LogP contribution in [0.2, 0.25) is 0 Å². The number of Topliss-reactive ketones (excluding diaryl/α,β-unsaturated/α-hetero) is 1.